The molecule has 0 heterocycles. The first-order valence-electron chi connectivity index (χ1n) is 8.99. The second kappa shape index (κ2) is 12.7. The third-order valence-corrected chi connectivity index (χ3v) is 5.79. The van der Waals surface area contributed by atoms with Crippen molar-refractivity contribution < 1.29 is 0 Å². The van der Waals surface area contributed by atoms with Gasteiger partial charge >= 0.3 is 0 Å². The van der Waals surface area contributed by atoms with Crippen LogP contribution in [0.3, 0.4) is 0 Å². The van der Waals surface area contributed by atoms with E-state index in [-0.39, 0.29) is 24.0 Å². The smallest absolute Gasteiger partial charge is 0.191 e. The van der Waals surface area contributed by atoms with E-state index in [4.69, 9.17) is 0 Å². The predicted molar refractivity (Wildman–Crippen MR) is 124 cm³/mol. The molecule has 1 saturated carbocycles. The molecule has 0 saturated heterocycles. The number of halogens is 1. The van der Waals surface area contributed by atoms with Crippen LogP contribution < -0.4 is 15.5 Å². The molecule has 1 aromatic carbocycles. The Kier molecular flexibility index (Phi) is 11.4. The number of nitrogens with one attached hydrogen (secondary N) is 2. The van der Waals surface area contributed by atoms with Crippen molar-refractivity contribution in [2.24, 2.45) is 4.99 Å². The van der Waals surface area contributed by atoms with Crippen LogP contribution in [0.4, 0.5) is 5.69 Å². The van der Waals surface area contributed by atoms with Crippen molar-refractivity contribution in [1.82, 2.24) is 10.6 Å². The van der Waals surface area contributed by atoms with E-state index in [0.29, 0.717) is 6.04 Å². The van der Waals surface area contributed by atoms with E-state index in [1.165, 1.54) is 31.4 Å². The third-order valence-electron chi connectivity index (χ3n) is 4.69. The molecular formula is C19H33IN4S. The third kappa shape index (κ3) is 8.07. The maximum absolute atomic E-state index is 4.36. The van der Waals surface area contributed by atoms with Crippen LogP contribution in [0.5, 0.6) is 0 Å². The van der Waals surface area contributed by atoms with Gasteiger partial charge in [0.15, 0.2) is 5.96 Å². The second-order valence-electron chi connectivity index (χ2n) is 6.48. The summed E-state index contributed by atoms with van der Waals surface area (Å²) in [6.07, 6.45) is 8.37. The van der Waals surface area contributed by atoms with Crippen molar-refractivity contribution in [3.8, 4) is 0 Å². The predicted octanol–water partition coefficient (Wildman–Crippen LogP) is 3.97. The number of rotatable bonds is 8. The number of para-hydroxylation sites is 1. The maximum atomic E-state index is 4.36. The Morgan fingerprint density at radius 3 is 2.64 bits per heavy atom. The van der Waals surface area contributed by atoms with E-state index >= 15 is 0 Å². The topological polar surface area (TPSA) is 39.7 Å². The van der Waals surface area contributed by atoms with Gasteiger partial charge < -0.3 is 15.5 Å². The second-order valence-corrected chi connectivity index (χ2v) is 7.61. The number of nitrogens with zero attached hydrogens (tertiary/aromatic N) is 2. The van der Waals surface area contributed by atoms with Crippen LogP contribution in [0.1, 0.15) is 32.1 Å². The van der Waals surface area contributed by atoms with Crippen LogP contribution in [-0.2, 0) is 0 Å². The van der Waals surface area contributed by atoms with Crippen molar-refractivity contribution in [1.29, 1.82) is 0 Å². The van der Waals surface area contributed by atoms with Gasteiger partial charge in [-0.3, -0.25) is 4.99 Å². The zero-order valence-electron chi connectivity index (χ0n) is 15.7. The highest BCUT2D eigenvalue weighted by molar-refractivity contribution is 14.0. The first-order chi connectivity index (χ1) is 11.7. The lowest BCUT2D eigenvalue weighted by molar-refractivity contribution is 0.608. The molecule has 0 bridgehead atoms. The molecule has 25 heavy (non-hydrogen) atoms. The molecule has 0 aliphatic heterocycles. The summed E-state index contributed by atoms with van der Waals surface area (Å²) in [5, 5.41) is 7.84. The first kappa shape index (κ1) is 22.4. The van der Waals surface area contributed by atoms with Gasteiger partial charge in [-0.25, -0.2) is 0 Å². The highest BCUT2D eigenvalue weighted by atomic mass is 127. The number of anilines is 1. The van der Waals surface area contributed by atoms with Crippen LogP contribution in [0.25, 0.3) is 0 Å². The minimum atomic E-state index is 0. The Morgan fingerprint density at radius 1 is 1.24 bits per heavy atom. The zero-order valence-corrected chi connectivity index (χ0v) is 18.8. The van der Waals surface area contributed by atoms with Crippen LogP contribution >= 0.6 is 35.7 Å². The molecule has 1 fully saturated rings. The highest BCUT2D eigenvalue weighted by Crippen LogP contribution is 2.27. The molecule has 0 radical (unpaired) electrons. The van der Waals surface area contributed by atoms with Crippen molar-refractivity contribution in [2.75, 3.05) is 38.3 Å². The van der Waals surface area contributed by atoms with E-state index in [1.54, 1.807) is 0 Å². The standard InChI is InChI=1S/C19H32N4S.HI/c1-20-19(22-16-11-12-18(15-16)24-3)21-13-7-8-14-23(2)17-9-5-4-6-10-17;/h4-6,9-10,16,18H,7-8,11-15H2,1-3H3,(H2,20,21,22);1H. The number of hydrogen-bond acceptors (Lipinski definition) is 3. The largest absolute Gasteiger partial charge is 0.375 e. The van der Waals surface area contributed by atoms with Crippen LogP contribution in [0.2, 0.25) is 0 Å². The van der Waals surface area contributed by atoms with Crippen LogP contribution in [-0.4, -0.2) is 50.7 Å². The Bertz CT molecular complexity index is 497. The fraction of sp³-hybridized carbons (Fsp3) is 0.632. The van der Waals surface area contributed by atoms with Gasteiger partial charge in [-0.2, -0.15) is 11.8 Å². The number of benzene rings is 1. The van der Waals surface area contributed by atoms with E-state index in [2.05, 4.69) is 64.2 Å². The summed E-state index contributed by atoms with van der Waals surface area (Å²) < 4.78 is 0. The SMILES string of the molecule is CN=C(NCCCCN(C)c1ccccc1)NC1CCC(SC)C1.I. The molecule has 0 aromatic heterocycles. The molecule has 6 heteroatoms. The monoisotopic (exact) mass is 476 g/mol. The van der Waals surface area contributed by atoms with Crippen molar-refractivity contribution in [2.45, 2.75) is 43.4 Å². The Labute approximate surface area is 174 Å². The average molecular weight is 476 g/mol. The number of guanidine groups is 1. The molecule has 2 unspecified atom stereocenters. The highest BCUT2D eigenvalue weighted by Gasteiger charge is 2.24. The van der Waals surface area contributed by atoms with Gasteiger partial charge in [-0.15, -0.1) is 24.0 Å². The Hall–Kier alpha value is -0.630. The summed E-state index contributed by atoms with van der Waals surface area (Å²) in [4.78, 5) is 6.67. The van der Waals surface area contributed by atoms with Crippen LogP contribution in [0, 0.1) is 0 Å². The summed E-state index contributed by atoms with van der Waals surface area (Å²) in [7, 11) is 4.02. The quantitative estimate of drug-likeness (QED) is 0.258. The summed E-state index contributed by atoms with van der Waals surface area (Å²) in [5.41, 5.74) is 1.28. The molecule has 0 amide bonds. The number of unbranched alkanes of at least 4 members (excludes halogenated alkanes) is 1. The van der Waals surface area contributed by atoms with E-state index < -0.39 is 0 Å². The molecule has 0 spiro atoms. The zero-order chi connectivity index (χ0) is 17.2. The minimum absolute atomic E-state index is 0. The van der Waals surface area contributed by atoms with Crippen molar-refractivity contribution >= 4 is 47.4 Å². The van der Waals surface area contributed by atoms with Crippen molar-refractivity contribution in [3.05, 3.63) is 30.3 Å². The molecule has 142 valence electrons. The van der Waals surface area contributed by atoms with E-state index in [1.807, 2.05) is 18.8 Å². The average Bonchev–Trinajstić information content (AvgIpc) is 3.08. The molecule has 1 aromatic rings. The summed E-state index contributed by atoms with van der Waals surface area (Å²) in [5.74, 6) is 0.957. The van der Waals surface area contributed by atoms with E-state index in [9.17, 15) is 0 Å². The molecular weight excluding hydrogens is 443 g/mol. The normalized spacial score (nSPS) is 20.0. The van der Waals surface area contributed by atoms with Gasteiger partial charge in [0.2, 0.25) is 0 Å². The molecule has 2 N–H and O–H groups in total. The van der Waals surface area contributed by atoms with Gasteiger partial charge in [0.1, 0.15) is 0 Å². The number of aliphatic imine (C=N–C) groups is 1. The minimum Gasteiger partial charge on any atom is -0.375 e. The summed E-state index contributed by atoms with van der Waals surface area (Å²) >= 11 is 1.99. The van der Waals surface area contributed by atoms with Gasteiger partial charge in [-0.05, 0) is 50.5 Å². The van der Waals surface area contributed by atoms with Gasteiger partial charge in [-0.1, -0.05) is 18.2 Å². The van der Waals surface area contributed by atoms with Crippen molar-refractivity contribution in [3.63, 3.8) is 0 Å². The lowest BCUT2D eigenvalue weighted by atomic mass is 10.2. The van der Waals surface area contributed by atoms with E-state index in [0.717, 1.165) is 30.7 Å². The molecule has 1 aliphatic rings. The molecule has 4 nitrogen and oxygen atoms in total. The Morgan fingerprint density at radius 2 is 2.00 bits per heavy atom. The van der Waals surface area contributed by atoms with Gasteiger partial charge in [0.05, 0.1) is 0 Å². The number of thioether (sulfide) groups is 1. The number of hydrogen-bond donors (Lipinski definition) is 2. The fourth-order valence-electron chi connectivity index (χ4n) is 3.17. The molecule has 1 aliphatic carbocycles. The summed E-state index contributed by atoms with van der Waals surface area (Å²) in [6, 6.07) is 11.1. The lowest BCUT2D eigenvalue weighted by Crippen LogP contribution is -2.43. The lowest BCUT2D eigenvalue weighted by Gasteiger charge is -2.20. The van der Waals surface area contributed by atoms with Crippen LogP contribution in [0.15, 0.2) is 35.3 Å². The van der Waals surface area contributed by atoms with Gasteiger partial charge in [0.25, 0.3) is 0 Å². The molecule has 2 atom stereocenters. The maximum Gasteiger partial charge on any atom is 0.191 e. The van der Waals surface area contributed by atoms with Gasteiger partial charge in [0, 0.05) is 44.2 Å². The molecule has 2 rings (SSSR count). The summed E-state index contributed by atoms with van der Waals surface area (Å²) in [6.45, 7) is 2.05. The first-order valence-corrected chi connectivity index (χ1v) is 10.3. The Balaban J connectivity index is 0.00000312. The fourth-order valence-corrected chi connectivity index (χ4v) is 3.96.